The molecule has 1 saturated heterocycles. The molecular weight excluding hydrogens is 524 g/mol. The lowest BCUT2D eigenvalue weighted by atomic mass is 9.99. The van der Waals surface area contributed by atoms with E-state index in [2.05, 4.69) is 22.9 Å². The number of sulfonamides is 1. The molecule has 2 aromatic carbocycles. The maximum Gasteiger partial charge on any atom is 0.251 e. The number of aliphatic hydroxyl groups is 1. The molecule has 0 aromatic heterocycles. The number of hydrogen-bond donors (Lipinski definition) is 4. The van der Waals surface area contributed by atoms with Crippen molar-refractivity contribution in [3.8, 4) is 0 Å². The summed E-state index contributed by atoms with van der Waals surface area (Å²) in [7, 11) is -3.42. The first-order valence-electron chi connectivity index (χ1n) is 13.4. The number of β-amino-alcohol motifs (C(OH)–C–C–N with tert-alkyl or cyclic N) is 1. The summed E-state index contributed by atoms with van der Waals surface area (Å²) in [6, 6.07) is 14.4. The number of amides is 1. The Bertz CT molecular complexity index is 1170. The summed E-state index contributed by atoms with van der Waals surface area (Å²) in [4.78, 5) is 13.5. The Labute approximate surface area is 233 Å². The maximum atomic E-state index is 13.5. The molecule has 1 aliphatic heterocycles. The molecule has 38 heavy (non-hydrogen) atoms. The molecule has 2 aromatic rings. The Balaban J connectivity index is 0.00000400. The molecule has 0 spiro atoms. The Morgan fingerprint density at radius 1 is 1.11 bits per heavy atom. The van der Waals surface area contributed by atoms with Gasteiger partial charge in [-0.3, -0.25) is 9.10 Å². The molecule has 8 nitrogen and oxygen atoms in total. The molecule has 210 valence electrons. The predicted octanol–water partition coefficient (Wildman–Crippen LogP) is 3.70. The summed E-state index contributed by atoms with van der Waals surface area (Å²) in [5.41, 5.74) is 2.66. The number of halogens is 1. The van der Waals surface area contributed by atoms with Gasteiger partial charge in [-0.05, 0) is 69.2 Å². The average molecular weight is 565 g/mol. The van der Waals surface area contributed by atoms with E-state index in [0.717, 1.165) is 31.2 Å². The lowest BCUT2D eigenvalue weighted by Gasteiger charge is -2.29. The van der Waals surface area contributed by atoms with Crippen LogP contribution in [0.2, 0.25) is 0 Å². The molecule has 2 aliphatic rings. The Morgan fingerprint density at radius 2 is 1.84 bits per heavy atom. The van der Waals surface area contributed by atoms with Crippen molar-refractivity contribution >= 4 is 39.7 Å². The average Bonchev–Trinajstić information content (AvgIpc) is 3.67. The van der Waals surface area contributed by atoms with Gasteiger partial charge >= 0.3 is 0 Å². The molecule has 1 saturated carbocycles. The van der Waals surface area contributed by atoms with Crippen LogP contribution in [-0.4, -0.2) is 62.5 Å². The zero-order valence-corrected chi connectivity index (χ0v) is 23.9. The number of nitrogens with zero attached hydrogens (tertiary/aromatic N) is 1. The minimum Gasteiger partial charge on any atom is -0.390 e. The molecule has 10 heteroatoms. The van der Waals surface area contributed by atoms with Gasteiger partial charge in [-0.2, -0.15) is 0 Å². The van der Waals surface area contributed by atoms with Crippen LogP contribution in [0.3, 0.4) is 0 Å². The van der Waals surface area contributed by atoms with Crippen molar-refractivity contribution in [3.63, 3.8) is 0 Å². The molecule has 0 radical (unpaired) electrons. The van der Waals surface area contributed by atoms with Crippen LogP contribution < -0.4 is 20.3 Å². The minimum atomic E-state index is -3.42. The third-order valence-corrected chi connectivity index (χ3v) is 9.36. The highest BCUT2D eigenvalue weighted by Crippen LogP contribution is 2.38. The standard InChI is InChI=1S/C28H40N4O4S.ClH/c1-3-28(12-13-28)30-20-26(33)25(16-21-10-6-5-7-11-21)31-27(34)22-17-23(29-4-2)19-24(18-22)32-14-8-9-15-37(32,35)36;/h5-7,10-11,17-19,25-26,29-30,33H,3-4,8-9,12-16,20H2,1-2H3,(H,31,34);1H/t25-,26+;/m0./s1. The summed E-state index contributed by atoms with van der Waals surface area (Å²) in [6.45, 7) is 5.52. The molecule has 2 atom stereocenters. The molecule has 4 rings (SSSR count). The monoisotopic (exact) mass is 564 g/mol. The van der Waals surface area contributed by atoms with Gasteiger partial charge in [0.25, 0.3) is 5.91 Å². The van der Waals surface area contributed by atoms with Gasteiger partial charge in [0.1, 0.15) is 0 Å². The summed E-state index contributed by atoms with van der Waals surface area (Å²) < 4.78 is 26.9. The molecule has 0 bridgehead atoms. The van der Waals surface area contributed by atoms with E-state index in [9.17, 15) is 18.3 Å². The summed E-state index contributed by atoms with van der Waals surface area (Å²) in [6.07, 6.45) is 4.34. The normalized spacial score (nSPS) is 19.1. The van der Waals surface area contributed by atoms with E-state index in [4.69, 9.17) is 0 Å². The fourth-order valence-electron chi connectivity index (χ4n) is 4.94. The molecule has 1 heterocycles. The maximum absolute atomic E-state index is 13.5. The highest BCUT2D eigenvalue weighted by molar-refractivity contribution is 7.92. The van der Waals surface area contributed by atoms with E-state index >= 15 is 0 Å². The number of aliphatic hydroxyl groups excluding tert-OH is 1. The minimum absolute atomic E-state index is 0. The Hall–Kier alpha value is -2.33. The first kappa shape index (κ1) is 30.2. The fourth-order valence-corrected chi connectivity index (χ4v) is 6.57. The van der Waals surface area contributed by atoms with Crippen LogP contribution in [0, 0.1) is 0 Å². The highest BCUT2D eigenvalue weighted by atomic mass is 35.5. The van der Waals surface area contributed by atoms with Gasteiger partial charge in [0.15, 0.2) is 0 Å². The Morgan fingerprint density at radius 3 is 2.47 bits per heavy atom. The van der Waals surface area contributed by atoms with Crippen LogP contribution in [0.4, 0.5) is 11.4 Å². The number of benzene rings is 2. The summed E-state index contributed by atoms with van der Waals surface area (Å²) in [5.74, 6) is -0.232. The molecule has 1 aliphatic carbocycles. The van der Waals surface area contributed by atoms with Gasteiger partial charge in [-0.1, -0.05) is 37.3 Å². The number of carbonyl (C=O) groups excluding carboxylic acids is 1. The molecule has 1 amide bonds. The van der Waals surface area contributed by atoms with Crippen LogP contribution in [-0.2, 0) is 16.4 Å². The SMILES string of the molecule is CCNc1cc(C(=O)N[C@@H](Cc2ccccc2)[C@H](O)CNC2(CC)CC2)cc(N2CCCCS2(=O)=O)c1.Cl. The van der Waals surface area contributed by atoms with E-state index in [1.807, 2.05) is 37.3 Å². The van der Waals surface area contributed by atoms with Gasteiger partial charge in [-0.25, -0.2) is 8.42 Å². The van der Waals surface area contributed by atoms with Crippen LogP contribution >= 0.6 is 12.4 Å². The van der Waals surface area contributed by atoms with Crippen LogP contribution in [0.5, 0.6) is 0 Å². The fraction of sp³-hybridized carbons (Fsp3) is 0.536. The number of carbonyl (C=O) groups is 1. The molecule has 4 N–H and O–H groups in total. The van der Waals surface area contributed by atoms with Gasteiger partial charge < -0.3 is 21.1 Å². The lowest BCUT2D eigenvalue weighted by molar-refractivity contribution is 0.0822. The predicted molar refractivity (Wildman–Crippen MR) is 156 cm³/mol. The third kappa shape index (κ3) is 7.62. The largest absolute Gasteiger partial charge is 0.390 e. The van der Waals surface area contributed by atoms with E-state index in [1.54, 1.807) is 18.2 Å². The zero-order valence-electron chi connectivity index (χ0n) is 22.3. The van der Waals surface area contributed by atoms with E-state index in [1.165, 1.54) is 4.31 Å². The van der Waals surface area contributed by atoms with Crippen molar-refractivity contribution in [1.29, 1.82) is 0 Å². The summed E-state index contributed by atoms with van der Waals surface area (Å²) in [5, 5.41) is 20.9. The number of rotatable bonds is 12. The highest BCUT2D eigenvalue weighted by Gasteiger charge is 2.40. The van der Waals surface area contributed by atoms with E-state index < -0.39 is 22.2 Å². The quantitative estimate of drug-likeness (QED) is 0.313. The molecule has 0 unspecified atom stereocenters. The topological polar surface area (TPSA) is 111 Å². The number of anilines is 2. The van der Waals surface area contributed by atoms with Gasteiger partial charge in [0.05, 0.1) is 23.6 Å². The van der Waals surface area contributed by atoms with E-state index in [0.29, 0.717) is 49.4 Å². The Kier molecular flexibility index (Phi) is 10.5. The van der Waals surface area contributed by atoms with E-state index in [-0.39, 0.29) is 29.6 Å². The van der Waals surface area contributed by atoms with Crippen LogP contribution in [0.1, 0.15) is 61.9 Å². The van der Waals surface area contributed by atoms with Gasteiger partial charge in [0.2, 0.25) is 10.0 Å². The van der Waals surface area contributed by atoms with Crippen molar-refractivity contribution in [3.05, 3.63) is 59.7 Å². The second-order valence-electron chi connectivity index (χ2n) is 10.2. The lowest BCUT2D eigenvalue weighted by Crippen LogP contribution is -2.50. The molecular formula is C28H41ClN4O4S. The van der Waals surface area contributed by atoms with Crippen LogP contribution in [0.25, 0.3) is 0 Å². The van der Waals surface area contributed by atoms with Crippen molar-refractivity contribution in [2.45, 2.75) is 70.1 Å². The third-order valence-electron chi connectivity index (χ3n) is 7.49. The number of hydrogen-bond acceptors (Lipinski definition) is 6. The van der Waals surface area contributed by atoms with Crippen molar-refractivity contribution < 1.29 is 18.3 Å². The summed E-state index contributed by atoms with van der Waals surface area (Å²) >= 11 is 0. The second kappa shape index (κ2) is 13.2. The molecule has 2 fully saturated rings. The van der Waals surface area contributed by atoms with Gasteiger partial charge in [-0.15, -0.1) is 12.4 Å². The van der Waals surface area contributed by atoms with Crippen molar-refractivity contribution in [2.75, 3.05) is 35.0 Å². The number of nitrogens with one attached hydrogen (secondary N) is 3. The van der Waals surface area contributed by atoms with Crippen molar-refractivity contribution in [2.24, 2.45) is 0 Å². The van der Waals surface area contributed by atoms with Gasteiger partial charge in [0, 0.05) is 36.4 Å². The first-order valence-corrected chi connectivity index (χ1v) is 15.0. The second-order valence-corrected chi connectivity index (χ2v) is 12.3. The zero-order chi connectivity index (χ0) is 26.5. The smallest absolute Gasteiger partial charge is 0.251 e. The first-order chi connectivity index (χ1) is 17.7. The van der Waals surface area contributed by atoms with Crippen molar-refractivity contribution in [1.82, 2.24) is 10.6 Å². The van der Waals surface area contributed by atoms with Crippen LogP contribution in [0.15, 0.2) is 48.5 Å².